The van der Waals surface area contributed by atoms with Crippen molar-refractivity contribution in [3.8, 4) is 0 Å². The molecular formula is C15H13N3S2. The zero-order valence-corrected chi connectivity index (χ0v) is 12.5. The fraction of sp³-hybridized carbons (Fsp3) is 0.0667. The van der Waals surface area contributed by atoms with Gasteiger partial charge in [-0.15, -0.1) is 0 Å². The molecule has 2 N–H and O–H groups in total. The Labute approximate surface area is 126 Å². The zero-order chi connectivity index (χ0) is 14.1. The van der Waals surface area contributed by atoms with Crippen LogP contribution < -0.4 is 10.6 Å². The highest BCUT2D eigenvalue weighted by Crippen LogP contribution is 2.32. The van der Waals surface area contributed by atoms with Crippen molar-refractivity contribution < 1.29 is 0 Å². The Balaban J connectivity index is 1.94. The number of nitrogens with zero attached hydrogens (tertiary/aromatic N) is 2. The van der Waals surface area contributed by atoms with Crippen molar-refractivity contribution in [2.45, 2.75) is 0 Å². The first-order valence-corrected chi connectivity index (χ1v) is 7.37. The summed E-state index contributed by atoms with van der Waals surface area (Å²) in [7, 11) is 2.01. The van der Waals surface area contributed by atoms with Crippen molar-refractivity contribution in [1.82, 2.24) is 4.98 Å². The number of anilines is 2. The number of aromatic nitrogens is 1. The molecule has 0 aliphatic heterocycles. The normalized spacial score (nSPS) is 10.7. The lowest BCUT2D eigenvalue weighted by Crippen LogP contribution is -2.11. The van der Waals surface area contributed by atoms with Crippen LogP contribution in [-0.2, 0) is 0 Å². The Morgan fingerprint density at radius 3 is 2.50 bits per heavy atom. The molecule has 0 amide bonds. The van der Waals surface area contributed by atoms with Gasteiger partial charge in [0.25, 0.3) is 0 Å². The lowest BCUT2D eigenvalue weighted by Gasteiger charge is -2.15. The summed E-state index contributed by atoms with van der Waals surface area (Å²) in [6.45, 7) is 0. The predicted octanol–water partition coefficient (Wildman–Crippen LogP) is 3.70. The first-order valence-electron chi connectivity index (χ1n) is 6.14. The lowest BCUT2D eigenvalue weighted by atomic mass is 10.2. The molecule has 20 heavy (non-hydrogen) atoms. The number of hydrogen-bond acceptors (Lipinski definition) is 4. The Morgan fingerprint density at radius 1 is 1.15 bits per heavy atom. The van der Waals surface area contributed by atoms with Gasteiger partial charge in [0.2, 0.25) is 0 Å². The highest BCUT2D eigenvalue weighted by atomic mass is 32.1. The summed E-state index contributed by atoms with van der Waals surface area (Å²) in [5.41, 5.74) is 8.57. The molecule has 0 saturated carbocycles. The molecule has 0 spiro atoms. The van der Waals surface area contributed by atoms with E-state index in [0.717, 1.165) is 21.9 Å². The van der Waals surface area contributed by atoms with Gasteiger partial charge in [0.15, 0.2) is 5.13 Å². The van der Waals surface area contributed by atoms with E-state index in [-0.39, 0.29) is 0 Å². The third-order valence-electron chi connectivity index (χ3n) is 3.11. The van der Waals surface area contributed by atoms with Gasteiger partial charge in [-0.1, -0.05) is 35.7 Å². The van der Waals surface area contributed by atoms with Crippen molar-refractivity contribution in [2.24, 2.45) is 5.73 Å². The van der Waals surface area contributed by atoms with E-state index in [1.54, 1.807) is 11.3 Å². The van der Waals surface area contributed by atoms with Crippen LogP contribution in [-0.4, -0.2) is 17.0 Å². The van der Waals surface area contributed by atoms with Crippen molar-refractivity contribution in [3.05, 3.63) is 54.1 Å². The van der Waals surface area contributed by atoms with Crippen LogP contribution in [0.25, 0.3) is 10.2 Å². The van der Waals surface area contributed by atoms with Gasteiger partial charge in [-0.05, 0) is 36.4 Å². The topological polar surface area (TPSA) is 42.1 Å². The molecule has 0 fully saturated rings. The minimum absolute atomic E-state index is 0.416. The number of fused-ring (bicyclic) bond motifs is 1. The van der Waals surface area contributed by atoms with Gasteiger partial charge in [0.05, 0.1) is 10.2 Å². The van der Waals surface area contributed by atoms with Crippen LogP contribution in [0.5, 0.6) is 0 Å². The molecule has 1 heterocycles. The van der Waals surface area contributed by atoms with E-state index >= 15 is 0 Å². The highest BCUT2D eigenvalue weighted by Gasteiger charge is 2.10. The van der Waals surface area contributed by atoms with Crippen LogP contribution in [0.2, 0.25) is 0 Å². The minimum atomic E-state index is 0.416. The standard InChI is InChI=1S/C15H13N3S2/c1-18(11-8-6-10(7-9-11)14(16)19)15-17-12-4-2-3-5-13(12)20-15/h2-9H,1H3,(H2,16,19). The number of benzene rings is 2. The zero-order valence-electron chi connectivity index (χ0n) is 10.9. The van der Waals surface area contributed by atoms with Crippen molar-refractivity contribution in [3.63, 3.8) is 0 Å². The summed E-state index contributed by atoms with van der Waals surface area (Å²) in [4.78, 5) is 7.12. The smallest absolute Gasteiger partial charge is 0.190 e. The number of nitrogens with two attached hydrogens (primary N) is 1. The van der Waals surface area contributed by atoms with E-state index in [2.05, 4.69) is 16.0 Å². The van der Waals surface area contributed by atoms with Crippen LogP contribution in [0, 0.1) is 0 Å². The second kappa shape index (κ2) is 5.19. The highest BCUT2D eigenvalue weighted by molar-refractivity contribution is 7.80. The maximum atomic E-state index is 5.61. The fourth-order valence-corrected chi connectivity index (χ4v) is 3.05. The Bertz CT molecular complexity index is 729. The maximum Gasteiger partial charge on any atom is 0.190 e. The Kier molecular flexibility index (Phi) is 3.38. The first-order chi connectivity index (χ1) is 9.65. The summed E-state index contributed by atoms with van der Waals surface area (Å²) in [5.74, 6) is 0. The number of thiocarbonyl (C=S) groups is 1. The van der Waals surface area contributed by atoms with Crippen molar-refractivity contribution in [2.75, 3.05) is 11.9 Å². The number of thiazole rings is 1. The fourth-order valence-electron chi connectivity index (χ4n) is 1.96. The molecule has 1 aromatic heterocycles. The van der Waals surface area contributed by atoms with Crippen LogP contribution in [0.1, 0.15) is 5.56 Å². The largest absolute Gasteiger partial charge is 0.389 e. The van der Waals surface area contributed by atoms with Crippen molar-refractivity contribution >= 4 is 49.6 Å². The molecule has 5 heteroatoms. The summed E-state index contributed by atoms with van der Waals surface area (Å²) in [5, 5.41) is 0.967. The molecule has 0 saturated heterocycles. The molecule has 0 unspecified atom stereocenters. The average molecular weight is 299 g/mol. The summed E-state index contributed by atoms with van der Waals surface area (Å²) < 4.78 is 1.19. The quantitative estimate of drug-likeness (QED) is 0.749. The Morgan fingerprint density at radius 2 is 1.85 bits per heavy atom. The SMILES string of the molecule is CN(c1ccc(C(N)=S)cc1)c1nc2ccccc2s1. The van der Waals surface area contributed by atoms with E-state index in [0.29, 0.717) is 4.99 Å². The van der Waals surface area contributed by atoms with E-state index in [4.69, 9.17) is 18.0 Å². The van der Waals surface area contributed by atoms with Gasteiger partial charge in [0.1, 0.15) is 4.99 Å². The third-order valence-corrected chi connectivity index (χ3v) is 4.46. The average Bonchev–Trinajstić information content (AvgIpc) is 2.90. The van der Waals surface area contributed by atoms with Gasteiger partial charge >= 0.3 is 0 Å². The molecule has 100 valence electrons. The Hall–Kier alpha value is -1.98. The van der Waals surface area contributed by atoms with E-state index in [1.807, 2.05) is 49.5 Å². The van der Waals surface area contributed by atoms with E-state index in [9.17, 15) is 0 Å². The molecule has 3 aromatic rings. The molecule has 0 atom stereocenters. The second-order valence-corrected chi connectivity index (χ2v) is 5.88. The summed E-state index contributed by atoms with van der Waals surface area (Å²) in [6, 6.07) is 16.0. The van der Waals surface area contributed by atoms with Gasteiger partial charge in [-0.2, -0.15) is 0 Å². The van der Waals surface area contributed by atoms with Gasteiger partial charge in [-0.3, -0.25) is 0 Å². The van der Waals surface area contributed by atoms with Crippen molar-refractivity contribution in [1.29, 1.82) is 0 Å². The number of hydrogen-bond donors (Lipinski definition) is 1. The van der Waals surface area contributed by atoms with Crippen LogP contribution in [0.15, 0.2) is 48.5 Å². The van der Waals surface area contributed by atoms with E-state index in [1.165, 1.54) is 4.70 Å². The van der Waals surface area contributed by atoms with Gasteiger partial charge in [-0.25, -0.2) is 4.98 Å². The van der Waals surface area contributed by atoms with Gasteiger partial charge < -0.3 is 10.6 Å². The van der Waals surface area contributed by atoms with Crippen LogP contribution in [0.4, 0.5) is 10.8 Å². The van der Waals surface area contributed by atoms with Crippen LogP contribution in [0.3, 0.4) is 0 Å². The maximum absolute atomic E-state index is 5.61. The summed E-state index contributed by atoms with van der Waals surface area (Å²) >= 11 is 6.64. The molecule has 0 aliphatic carbocycles. The van der Waals surface area contributed by atoms with Crippen LogP contribution >= 0.6 is 23.6 Å². The summed E-state index contributed by atoms with van der Waals surface area (Å²) in [6.07, 6.45) is 0. The first kappa shape index (κ1) is 13.0. The molecule has 2 aromatic carbocycles. The van der Waals surface area contributed by atoms with E-state index < -0.39 is 0 Å². The minimum Gasteiger partial charge on any atom is -0.389 e. The monoisotopic (exact) mass is 299 g/mol. The molecule has 0 aliphatic rings. The predicted molar refractivity (Wildman–Crippen MR) is 90.0 cm³/mol. The number of rotatable bonds is 3. The van der Waals surface area contributed by atoms with Gasteiger partial charge in [0, 0.05) is 18.3 Å². The third kappa shape index (κ3) is 2.37. The molecular weight excluding hydrogens is 286 g/mol. The second-order valence-electron chi connectivity index (χ2n) is 4.43. The number of para-hydroxylation sites is 1. The molecule has 0 bridgehead atoms. The molecule has 3 rings (SSSR count). The lowest BCUT2D eigenvalue weighted by molar-refractivity contribution is 1.18. The molecule has 0 radical (unpaired) electrons. The molecule has 3 nitrogen and oxygen atoms in total.